The number of hydrogen-bond acceptors (Lipinski definition) is 5. The van der Waals surface area contributed by atoms with Crippen molar-refractivity contribution in [3.8, 4) is 0 Å². The number of nitrogens with zero attached hydrogens (tertiary/aromatic N) is 2. The zero-order valence-corrected chi connectivity index (χ0v) is 14.6. The van der Waals surface area contributed by atoms with Crippen LogP contribution < -0.4 is 5.32 Å². The van der Waals surface area contributed by atoms with Crippen LogP contribution in [0.2, 0.25) is 0 Å². The number of amides is 1. The van der Waals surface area contributed by atoms with Gasteiger partial charge >= 0.3 is 0 Å². The molecule has 1 aromatic heterocycles. The van der Waals surface area contributed by atoms with Crippen molar-refractivity contribution in [2.45, 2.75) is 24.5 Å². The molecule has 0 aliphatic rings. The summed E-state index contributed by atoms with van der Waals surface area (Å²) in [6.45, 7) is 3.58. The van der Waals surface area contributed by atoms with Crippen LogP contribution in [0.25, 0.3) is 0 Å². The molecule has 1 heterocycles. The maximum Gasteiger partial charge on any atom is 0.256 e. The van der Waals surface area contributed by atoms with Crippen LogP contribution in [0.4, 0.5) is 10.1 Å². The van der Waals surface area contributed by atoms with Gasteiger partial charge in [-0.2, -0.15) is 4.98 Å². The van der Waals surface area contributed by atoms with Crippen LogP contribution in [0.3, 0.4) is 0 Å². The van der Waals surface area contributed by atoms with Crippen molar-refractivity contribution in [3.05, 3.63) is 71.1 Å². The van der Waals surface area contributed by atoms with Crippen molar-refractivity contribution < 1.29 is 13.7 Å². The van der Waals surface area contributed by atoms with Gasteiger partial charge in [-0.25, -0.2) is 4.39 Å². The van der Waals surface area contributed by atoms with E-state index in [4.69, 9.17) is 4.52 Å². The first kappa shape index (κ1) is 17.2. The Bertz CT molecular complexity index is 911. The van der Waals surface area contributed by atoms with Gasteiger partial charge in [0.2, 0.25) is 5.89 Å². The smallest absolute Gasteiger partial charge is 0.256 e. The van der Waals surface area contributed by atoms with Crippen LogP contribution in [0.1, 0.15) is 27.6 Å². The average Bonchev–Trinajstić information content (AvgIpc) is 3.02. The number of thioether (sulfide) groups is 1. The number of carbonyl (C=O) groups is 1. The number of benzene rings is 2. The Morgan fingerprint density at radius 3 is 2.80 bits per heavy atom. The molecule has 7 heteroatoms. The molecular weight excluding hydrogens is 341 g/mol. The van der Waals surface area contributed by atoms with Crippen LogP contribution >= 0.6 is 11.8 Å². The molecule has 2 aromatic carbocycles. The summed E-state index contributed by atoms with van der Waals surface area (Å²) in [5, 5.41) is 6.37. The predicted octanol–water partition coefficient (Wildman–Crippen LogP) is 4.37. The first-order valence-electron chi connectivity index (χ1n) is 7.61. The second-order valence-corrected chi connectivity index (χ2v) is 6.47. The molecule has 0 aliphatic carbocycles. The van der Waals surface area contributed by atoms with E-state index in [0.717, 1.165) is 10.5 Å². The lowest BCUT2D eigenvalue weighted by Gasteiger charge is -2.10. The Hall–Kier alpha value is -2.67. The number of rotatable bonds is 5. The molecule has 0 bridgehead atoms. The molecule has 5 nitrogen and oxygen atoms in total. The van der Waals surface area contributed by atoms with E-state index in [9.17, 15) is 9.18 Å². The molecule has 0 saturated carbocycles. The third-order valence-electron chi connectivity index (χ3n) is 3.42. The molecule has 0 aliphatic heterocycles. The zero-order valence-electron chi connectivity index (χ0n) is 13.7. The highest BCUT2D eigenvalue weighted by Crippen LogP contribution is 2.27. The van der Waals surface area contributed by atoms with Crippen LogP contribution in [-0.2, 0) is 5.75 Å². The number of aromatic nitrogens is 2. The van der Waals surface area contributed by atoms with Crippen LogP contribution in [0, 0.1) is 19.7 Å². The Morgan fingerprint density at radius 1 is 1.24 bits per heavy atom. The highest BCUT2D eigenvalue weighted by molar-refractivity contribution is 7.98. The third kappa shape index (κ3) is 4.24. The molecule has 128 valence electrons. The SMILES string of the molecule is Cc1ccc(F)c(NC(=O)c2ccccc2SCc2nc(C)no2)c1. The molecular formula is C18H16FN3O2S. The van der Waals surface area contributed by atoms with Gasteiger partial charge in [0.05, 0.1) is 17.0 Å². The molecule has 0 radical (unpaired) electrons. The number of carbonyl (C=O) groups excluding carboxylic acids is 1. The molecule has 0 fully saturated rings. The third-order valence-corrected chi connectivity index (χ3v) is 4.48. The lowest BCUT2D eigenvalue weighted by molar-refractivity contribution is 0.102. The number of halogens is 1. The normalized spacial score (nSPS) is 10.7. The minimum Gasteiger partial charge on any atom is -0.338 e. The number of nitrogens with one attached hydrogen (secondary N) is 1. The molecule has 0 atom stereocenters. The summed E-state index contributed by atoms with van der Waals surface area (Å²) in [4.78, 5) is 17.5. The number of aryl methyl sites for hydroxylation is 2. The van der Waals surface area contributed by atoms with Gasteiger partial charge in [0.1, 0.15) is 5.82 Å². The van der Waals surface area contributed by atoms with Gasteiger partial charge in [0.25, 0.3) is 5.91 Å². The summed E-state index contributed by atoms with van der Waals surface area (Å²) in [6, 6.07) is 11.7. The van der Waals surface area contributed by atoms with E-state index < -0.39 is 5.82 Å². The molecule has 3 rings (SSSR count). The first-order chi connectivity index (χ1) is 12.0. The lowest BCUT2D eigenvalue weighted by Crippen LogP contribution is -2.14. The first-order valence-corrected chi connectivity index (χ1v) is 8.60. The summed E-state index contributed by atoms with van der Waals surface area (Å²) in [5.74, 6) is 0.669. The molecule has 1 amide bonds. The molecule has 1 N–H and O–H groups in total. The minimum atomic E-state index is -0.467. The summed E-state index contributed by atoms with van der Waals surface area (Å²) in [5.41, 5.74) is 1.49. The summed E-state index contributed by atoms with van der Waals surface area (Å²) < 4.78 is 18.9. The maximum absolute atomic E-state index is 13.9. The highest BCUT2D eigenvalue weighted by Gasteiger charge is 2.14. The monoisotopic (exact) mass is 357 g/mol. The zero-order chi connectivity index (χ0) is 17.8. The predicted molar refractivity (Wildman–Crippen MR) is 94.1 cm³/mol. The Morgan fingerprint density at radius 2 is 2.04 bits per heavy atom. The molecule has 3 aromatic rings. The quantitative estimate of drug-likeness (QED) is 0.687. The van der Waals surface area contributed by atoms with Gasteiger partial charge < -0.3 is 9.84 Å². The molecule has 0 spiro atoms. The van der Waals surface area contributed by atoms with Crippen molar-refractivity contribution in [2.24, 2.45) is 0 Å². The van der Waals surface area contributed by atoms with Crippen molar-refractivity contribution in [2.75, 3.05) is 5.32 Å². The highest BCUT2D eigenvalue weighted by atomic mass is 32.2. The van der Waals surface area contributed by atoms with E-state index in [0.29, 0.717) is 23.0 Å². The number of hydrogen-bond donors (Lipinski definition) is 1. The fraction of sp³-hybridized carbons (Fsp3) is 0.167. The van der Waals surface area contributed by atoms with E-state index in [1.165, 1.54) is 17.8 Å². The second-order valence-electron chi connectivity index (χ2n) is 5.46. The van der Waals surface area contributed by atoms with E-state index in [1.807, 2.05) is 19.1 Å². The lowest BCUT2D eigenvalue weighted by atomic mass is 10.2. The van der Waals surface area contributed by atoms with Gasteiger partial charge in [0, 0.05) is 4.90 Å². The van der Waals surface area contributed by atoms with Crippen molar-refractivity contribution in [1.82, 2.24) is 10.1 Å². The Balaban J connectivity index is 1.77. The van der Waals surface area contributed by atoms with Gasteiger partial charge in [-0.3, -0.25) is 4.79 Å². The largest absolute Gasteiger partial charge is 0.338 e. The van der Waals surface area contributed by atoms with E-state index in [-0.39, 0.29) is 11.6 Å². The van der Waals surface area contributed by atoms with Gasteiger partial charge in [-0.1, -0.05) is 23.4 Å². The van der Waals surface area contributed by atoms with E-state index in [2.05, 4.69) is 15.5 Å². The summed E-state index contributed by atoms with van der Waals surface area (Å²) in [6.07, 6.45) is 0. The van der Waals surface area contributed by atoms with E-state index >= 15 is 0 Å². The van der Waals surface area contributed by atoms with E-state index in [1.54, 1.807) is 31.2 Å². The molecule has 25 heavy (non-hydrogen) atoms. The topological polar surface area (TPSA) is 68.0 Å². The van der Waals surface area contributed by atoms with Crippen molar-refractivity contribution in [1.29, 1.82) is 0 Å². The Labute approximate surface area is 148 Å². The number of anilines is 1. The second kappa shape index (κ2) is 7.48. The fourth-order valence-corrected chi connectivity index (χ4v) is 3.13. The van der Waals surface area contributed by atoms with Crippen molar-refractivity contribution in [3.63, 3.8) is 0 Å². The standard InChI is InChI=1S/C18H16FN3O2S/c1-11-7-8-14(19)15(9-11)21-18(23)13-5-3-4-6-16(13)25-10-17-20-12(2)22-24-17/h3-9H,10H2,1-2H3,(H,21,23). The summed E-state index contributed by atoms with van der Waals surface area (Å²) >= 11 is 1.41. The maximum atomic E-state index is 13.9. The Kier molecular flexibility index (Phi) is 5.14. The van der Waals surface area contributed by atoms with Crippen LogP contribution in [-0.4, -0.2) is 16.0 Å². The van der Waals surface area contributed by atoms with Crippen LogP contribution in [0.5, 0.6) is 0 Å². The average molecular weight is 357 g/mol. The molecule has 0 unspecified atom stereocenters. The fourth-order valence-electron chi connectivity index (χ4n) is 2.24. The van der Waals surface area contributed by atoms with Gasteiger partial charge in [-0.15, -0.1) is 11.8 Å². The van der Waals surface area contributed by atoms with Gasteiger partial charge in [0.15, 0.2) is 5.82 Å². The van der Waals surface area contributed by atoms with Crippen LogP contribution in [0.15, 0.2) is 51.9 Å². The summed E-state index contributed by atoms with van der Waals surface area (Å²) in [7, 11) is 0. The minimum absolute atomic E-state index is 0.164. The molecule has 0 saturated heterocycles. The van der Waals surface area contributed by atoms with Gasteiger partial charge in [-0.05, 0) is 43.7 Å². The van der Waals surface area contributed by atoms with Crippen molar-refractivity contribution >= 4 is 23.4 Å².